The van der Waals surface area contributed by atoms with Gasteiger partial charge in [0.05, 0.1) is 22.1 Å². The van der Waals surface area contributed by atoms with E-state index < -0.39 is 22.5 Å². The van der Waals surface area contributed by atoms with Gasteiger partial charge in [-0.25, -0.2) is 31.9 Å². The molecular weight excluding hydrogens is 388 g/mol. The normalized spacial score (nSPS) is 14.5. The summed E-state index contributed by atoms with van der Waals surface area (Å²) in [5.74, 6) is -1.31. The Morgan fingerprint density at radius 1 is 1.07 bits per heavy atom. The van der Waals surface area contributed by atoms with Crippen molar-refractivity contribution in [2.24, 2.45) is 0 Å². The summed E-state index contributed by atoms with van der Waals surface area (Å²) >= 11 is 0. The highest BCUT2D eigenvalue weighted by atomic mass is 32.2. The third-order valence-corrected chi connectivity index (χ3v) is 5.28. The largest absolute Gasteiger partial charge is 0.306 e. The summed E-state index contributed by atoms with van der Waals surface area (Å²) in [6, 6.07) is 7.87. The molecule has 0 atom stereocenters. The van der Waals surface area contributed by atoms with Gasteiger partial charge in [0.25, 0.3) is 0 Å². The maximum Gasteiger partial charge on any atom is 0.216 e. The molecule has 28 heavy (non-hydrogen) atoms. The molecule has 0 radical (unpaired) electrons. The second kappa shape index (κ2) is 6.35. The lowest BCUT2D eigenvalue weighted by atomic mass is 10.2. The molecule has 5 rings (SSSR count). The molecule has 0 spiro atoms. The Hall–Kier alpha value is -2.85. The van der Waals surface area contributed by atoms with Crippen molar-refractivity contribution in [2.75, 3.05) is 0 Å². The number of nitrogens with zero attached hydrogens (tertiary/aromatic N) is 4. The molecule has 0 unspecified atom stereocenters. The molecule has 0 amide bonds. The monoisotopic (exact) mass is 403 g/mol. The smallest absolute Gasteiger partial charge is 0.216 e. The van der Waals surface area contributed by atoms with Crippen molar-refractivity contribution in [1.82, 2.24) is 23.8 Å². The first-order chi connectivity index (χ1) is 13.5. The van der Waals surface area contributed by atoms with Crippen molar-refractivity contribution in [3.8, 4) is 5.95 Å². The number of nitrogens with one attached hydrogen (secondary N) is 1. The van der Waals surface area contributed by atoms with Crippen LogP contribution >= 0.6 is 0 Å². The van der Waals surface area contributed by atoms with Crippen LogP contribution in [0.5, 0.6) is 0 Å². The number of hydrogen-bond acceptors (Lipinski definition) is 4. The number of aromatic nitrogens is 4. The van der Waals surface area contributed by atoms with Crippen LogP contribution in [0.25, 0.3) is 28.0 Å². The lowest BCUT2D eigenvalue weighted by Gasteiger charge is -2.09. The Labute approximate surface area is 159 Å². The standard InChI is InChI=1S/C18H15F2N5O2S/c19-12-6-15-17(7-13(12)20)25(11-2-3-11)18(23-15)24-9-21-14-4-1-10(5-16(14)24)8-22-28(26)27/h1,4-7,9,11,28H,2-3,8H2,(H,22,26,27). The van der Waals surface area contributed by atoms with Crippen LogP contribution in [-0.2, 0) is 17.4 Å². The maximum absolute atomic E-state index is 13.8. The molecule has 1 aliphatic rings. The minimum atomic E-state index is -2.69. The minimum absolute atomic E-state index is 0.162. The van der Waals surface area contributed by atoms with Gasteiger partial charge in [-0.2, -0.15) is 0 Å². The van der Waals surface area contributed by atoms with Crippen LogP contribution in [0.1, 0.15) is 24.4 Å². The molecular formula is C18H15F2N5O2S. The summed E-state index contributed by atoms with van der Waals surface area (Å²) in [5, 5.41) is 0. The third kappa shape index (κ3) is 2.85. The van der Waals surface area contributed by atoms with Gasteiger partial charge in [-0.05, 0) is 30.5 Å². The van der Waals surface area contributed by atoms with E-state index in [1.807, 2.05) is 10.6 Å². The summed E-state index contributed by atoms with van der Waals surface area (Å²) in [5.41, 5.74) is 3.13. The molecule has 10 heteroatoms. The minimum Gasteiger partial charge on any atom is -0.306 e. The van der Waals surface area contributed by atoms with Gasteiger partial charge in [0.1, 0.15) is 6.33 Å². The average molecular weight is 403 g/mol. The molecule has 2 aromatic heterocycles. The van der Waals surface area contributed by atoms with E-state index in [-0.39, 0.29) is 12.6 Å². The van der Waals surface area contributed by atoms with Crippen LogP contribution in [0.4, 0.5) is 8.78 Å². The molecule has 0 bridgehead atoms. The Kier molecular flexibility index (Phi) is 3.91. The molecule has 4 aromatic rings. The lowest BCUT2D eigenvalue weighted by molar-refractivity contribution is 0.510. The fraction of sp³-hybridized carbons (Fsp3) is 0.222. The molecule has 1 saturated carbocycles. The Morgan fingerprint density at radius 3 is 2.61 bits per heavy atom. The van der Waals surface area contributed by atoms with Gasteiger partial charge in [-0.3, -0.25) is 4.57 Å². The van der Waals surface area contributed by atoms with Crippen molar-refractivity contribution in [3.05, 3.63) is 53.9 Å². The third-order valence-electron chi connectivity index (χ3n) is 4.86. The van der Waals surface area contributed by atoms with Crippen LogP contribution in [0.3, 0.4) is 0 Å². The first-order valence-electron chi connectivity index (χ1n) is 8.72. The summed E-state index contributed by atoms with van der Waals surface area (Å²) < 4.78 is 55.2. The first kappa shape index (κ1) is 17.3. The number of thiol groups is 1. The predicted octanol–water partition coefficient (Wildman–Crippen LogP) is 2.60. The van der Waals surface area contributed by atoms with Crippen LogP contribution in [0, 0.1) is 11.6 Å². The van der Waals surface area contributed by atoms with Crippen molar-refractivity contribution < 1.29 is 17.2 Å². The molecule has 0 saturated heterocycles. The van der Waals surface area contributed by atoms with Crippen molar-refractivity contribution in [1.29, 1.82) is 0 Å². The van der Waals surface area contributed by atoms with E-state index in [9.17, 15) is 17.2 Å². The summed E-state index contributed by atoms with van der Waals surface area (Å²) in [6.45, 7) is 0.162. The van der Waals surface area contributed by atoms with Gasteiger partial charge in [-0.15, -0.1) is 0 Å². The van der Waals surface area contributed by atoms with Crippen molar-refractivity contribution in [2.45, 2.75) is 25.4 Å². The zero-order chi connectivity index (χ0) is 19.4. The number of fused-ring (bicyclic) bond motifs is 2. The average Bonchev–Trinajstić information content (AvgIpc) is 3.32. The van der Waals surface area contributed by atoms with E-state index in [0.717, 1.165) is 30.0 Å². The summed E-state index contributed by atoms with van der Waals surface area (Å²) in [4.78, 5) is 8.92. The van der Waals surface area contributed by atoms with Crippen molar-refractivity contribution in [3.63, 3.8) is 0 Å². The SMILES string of the molecule is O=[SH](=O)NCc1ccc2ncn(-c3nc4cc(F)c(F)cc4n3C3CC3)c2c1. The topological polar surface area (TPSA) is 81.8 Å². The van der Waals surface area contributed by atoms with Crippen LogP contribution in [0.2, 0.25) is 0 Å². The molecule has 1 N–H and O–H groups in total. The van der Waals surface area contributed by atoms with E-state index in [4.69, 9.17) is 0 Å². The molecule has 2 aromatic carbocycles. The molecule has 144 valence electrons. The van der Waals surface area contributed by atoms with E-state index >= 15 is 0 Å². The Balaban J connectivity index is 1.70. The Bertz CT molecular complexity index is 1300. The predicted molar refractivity (Wildman–Crippen MR) is 99.7 cm³/mol. The highest BCUT2D eigenvalue weighted by molar-refractivity contribution is 7.70. The lowest BCUT2D eigenvalue weighted by Crippen LogP contribution is -2.10. The number of hydrogen-bond donors (Lipinski definition) is 2. The van der Waals surface area contributed by atoms with Gasteiger partial charge in [0, 0.05) is 24.7 Å². The van der Waals surface area contributed by atoms with E-state index in [2.05, 4.69) is 14.7 Å². The number of halogens is 2. The zero-order valence-electron chi connectivity index (χ0n) is 14.5. The molecule has 1 fully saturated rings. The van der Waals surface area contributed by atoms with Gasteiger partial charge in [0.2, 0.25) is 16.8 Å². The molecule has 1 aliphatic carbocycles. The highest BCUT2D eigenvalue weighted by Crippen LogP contribution is 2.40. The molecule has 2 heterocycles. The van der Waals surface area contributed by atoms with Gasteiger partial charge >= 0.3 is 0 Å². The fourth-order valence-electron chi connectivity index (χ4n) is 3.42. The van der Waals surface area contributed by atoms with Crippen LogP contribution in [0.15, 0.2) is 36.7 Å². The summed E-state index contributed by atoms with van der Waals surface area (Å²) in [7, 11) is -2.69. The van der Waals surface area contributed by atoms with Gasteiger partial charge in [-0.1, -0.05) is 6.07 Å². The second-order valence-electron chi connectivity index (χ2n) is 6.80. The Morgan fingerprint density at radius 2 is 1.86 bits per heavy atom. The summed E-state index contributed by atoms with van der Waals surface area (Å²) in [6.07, 6.45) is 3.49. The zero-order valence-corrected chi connectivity index (χ0v) is 15.4. The number of rotatable bonds is 5. The van der Waals surface area contributed by atoms with E-state index in [0.29, 0.717) is 22.5 Å². The van der Waals surface area contributed by atoms with E-state index in [1.54, 1.807) is 23.0 Å². The van der Waals surface area contributed by atoms with Gasteiger partial charge in [0.15, 0.2) is 11.6 Å². The molecule has 0 aliphatic heterocycles. The van der Waals surface area contributed by atoms with Crippen LogP contribution < -0.4 is 4.72 Å². The van der Waals surface area contributed by atoms with Gasteiger partial charge < -0.3 is 4.57 Å². The second-order valence-corrected chi connectivity index (χ2v) is 7.63. The first-order valence-corrected chi connectivity index (χ1v) is 9.90. The number of benzene rings is 2. The maximum atomic E-state index is 13.8. The molecule has 7 nitrogen and oxygen atoms in total. The fourth-order valence-corrected chi connectivity index (χ4v) is 3.73. The van der Waals surface area contributed by atoms with E-state index in [1.165, 1.54) is 6.07 Å². The number of imidazole rings is 2. The van der Waals surface area contributed by atoms with Crippen molar-refractivity contribution >= 4 is 33.0 Å². The van der Waals surface area contributed by atoms with Crippen LogP contribution in [-0.4, -0.2) is 27.5 Å². The quantitative estimate of drug-likeness (QED) is 0.502. The highest BCUT2D eigenvalue weighted by Gasteiger charge is 2.30.